The highest BCUT2D eigenvalue weighted by Crippen LogP contribution is 2.38. The van der Waals surface area contributed by atoms with Gasteiger partial charge in [-0.15, -0.1) is 0 Å². The van der Waals surface area contributed by atoms with Crippen LogP contribution in [0.3, 0.4) is 0 Å². The Hall–Kier alpha value is -2.30. The zero-order valence-electron chi connectivity index (χ0n) is 15.0. The number of nitrogens with zero attached hydrogens (tertiary/aromatic N) is 1. The normalized spacial score (nSPS) is 23.7. The molecule has 0 radical (unpaired) electrons. The highest BCUT2D eigenvalue weighted by molar-refractivity contribution is 5.99. The van der Waals surface area contributed by atoms with Gasteiger partial charge in [0.15, 0.2) is 5.78 Å². The lowest BCUT2D eigenvalue weighted by molar-refractivity contribution is -0.122. The summed E-state index contributed by atoms with van der Waals surface area (Å²) in [5, 5.41) is 0. The number of hydrogen-bond acceptors (Lipinski definition) is 4. The molecule has 1 aromatic rings. The summed E-state index contributed by atoms with van der Waals surface area (Å²) in [4.78, 5) is 25.9. The van der Waals surface area contributed by atoms with Gasteiger partial charge in [0, 0.05) is 35.3 Å². The first-order valence-corrected chi connectivity index (χ1v) is 8.96. The van der Waals surface area contributed by atoms with E-state index >= 15 is 0 Å². The molecule has 0 aromatic heterocycles. The molecular weight excluding hydrogens is 316 g/mol. The minimum Gasteiger partial charge on any atom is -0.497 e. The minimum absolute atomic E-state index is 0.0192. The molecule has 1 aromatic carbocycles. The average molecular weight is 342 g/mol. The molecule has 0 spiro atoms. The number of hydrogen-bond donors (Lipinski definition) is 1. The van der Waals surface area contributed by atoms with Crippen LogP contribution in [-0.4, -0.2) is 24.8 Å². The van der Waals surface area contributed by atoms with Gasteiger partial charge in [-0.1, -0.05) is 0 Å². The number of methoxy groups -OCH3 is 1. The van der Waals surface area contributed by atoms with Gasteiger partial charge in [-0.05, 0) is 63.3 Å². The summed E-state index contributed by atoms with van der Waals surface area (Å²) < 4.78 is 5.26. The number of primary amides is 1. The molecule has 1 saturated carbocycles. The zero-order valence-corrected chi connectivity index (χ0v) is 15.0. The van der Waals surface area contributed by atoms with Crippen molar-refractivity contribution >= 4 is 17.4 Å². The van der Waals surface area contributed by atoms with E-state index in [1.165, 1.54) is 0 Å². The van der Waals surface area contributed by atoms with Crippen molar-refractivity contribution in [2.24, 2.45) is 11.7 Å². The van der Waals surface area contributed by atoms with Crippen molar-refractivity contribution in [1.29, 1.82) is 0 Å². The van der Waals surface area contributed by atoms with Gasteiger partial charge < -0.3 is 15.4 Å². The van der Waals surface area contributed by atoms with Crippen LogP contribution in [0.4, 0.5) is 5.69 Å². The molecule has 0 unspecified atom stereocenters. The molecule has 5 heteroatoms. The number of anilines is 1. The van der Waals surface area contributed by atoms with E-state index in [0.717, 1.165) is 54.8 Å². The molecule has 25 heavy (non-hydrogen) atoms. The smallest absolute Gasteiger partial charge is 0.220 e. The van der Waals surface area contributed by atoms with Gasteiger partial charge in [0.1, 0.15) is 5.75 Å². The number of ether oxygens (including phenoxy) is 1. The van der Waals surface area contributed by atoms with Crippen molar-refractivity contribution in [2.45, 2.75) is 51.5 Å². The predicted octanol–water partition coefficient (Wildman–Crippen LogP) is 3.18. The molecule has 2 aliphatic rings. The van der Waals surface area contributed by atoms with E-state index < -0.39 is 0 Å². The lowest BCUT2D eigenvalue weighted by Crippen LogP contribution is -2.40. The van der Waals surface area contributed by atoms with E-state index in [1.807, 2.05) is 31.2 Å². The molecule has 0 saturated heterocycles. The van der Waals surface area contributed by atoms with Gasteiger partial charge in [-0.25, -0.2) is 0 Å². The van der Waals surface area contributed by atoms with E-state index in [-0.39, 0.29) is 17.6 Å². The maximum absolute atomic E-state index is 12.1. The molecule has 0 aliphatic heterocycles. The first-order chi connectivity index (χ1) is 12.0. The summed E-state index contributed by atoms with van der Waals surface area (Å²) in [6, 6.07) is 8.28. The Morgan fingerprint density at radius 2 is 1.76 bits per heavy atom. The van der Waals surface area contributed by atoms with Gasteiger partial charge in [0.25, 0.3) is 0 Å². The van der Waals surface area contributed by atoms with Crippen molar-refractivity contribution < 1.29 is 14.3 Å². The highest BCUT2D eigenvalue weighted by Gasteiger charge is 2.33. The second kappa shape index (κ2) is 7.30. The number of ketones is 1. The first kappa shape index (κ1) is 17.5. The molecular formula is C20H26N2O3. The third kappa shape index (κ3) is 3.55. The predicted molar refractivity (Wildman–Crippen MR) is 97.4 cm³/mol. The monoisotopic (exact) mass is 342 g/mol. The molecule has 3 rings (SSSR count). The third-order valence-electron chi connectivity index (χ3n) is 5.55. The lowest BCUT2D eigenvalue weighted by atomic mass is 9.84. The summed E-state index contributed by atoms with van der Waals surface area (Å²) in [5.41, 5.74) is 8.54. The van der Waals surface area contributed by atoms with Crippen molar-refractivity contribution in [1.82, 2.24) is 0 Å². The number of Topliss-reactive ketones (excluding diaryl/α,β-unsaturated/α-hetero) is 1. The minimum atomic E-state index is -0.194. The van der Waals surface area contributed by atoms with Crippen molar-refractivity contribution in [3.8, 4) is 5.75 Å². The number of amides is 1. The van der Waals surface area contributed by atoms with Crippen LogP contribution in [0.5, 0.6) is 5.75 Å². The van der Waals surface area contributed by atoms with Crippen molar-refractivity contribution in [3.05, 3.63) is 35.5 Å². The summed E-state index contributed by atoms with van der Waals surface area (Å²) in [7, 11) is 1.65. The largest absolute Gasteiger partial charge is 0.497 e. The highest BCUT2D eigenvalue weighted by atomic mass is 16.5. The first-order valence-electron chi connectivity index (χ1n) is 8.96. The third-order valence-corrected chi connectivity index (χ3v) is 5.55. The van der Waals surface area contributed by atoms with Gasteiger partial charge in [0.05, 0.1) is 7.11 Å². The van der Waals surface area contributed by atoms with Crippen LogP contribution < -0.4 is 15.4 Å². The standard InChI is InChI=1S/C20H26N2O3/c1-13-18(11-12-19(13)23)22(16-7-9-17(25-2)10-8-16)15-5-3-14(4-6-15)20(21)24/h7-10,14-15H,3-6,11-12H2,1-2H3,(H2,21,24). The van der Waals surface area contributed by atoms with E-state index in [4.69, 9.17) is 10.5 Å². The topological polar surface area (TPSA) is 72.6 Å². The van der Waals surface area contributed by atoms with Crippen LogP contribution >= 0.6 is 0 Å². The van der Waals surface area contributed by atoms with Gasteiger partial charge >= 0.3 is 0 Å². The molecule has 5 nitrogen and oxygen atoms in total. The fourth-order valence-electron chi connectivity index (χ4n) is 4.02. The Labute approximate surface area is 148 Å². The van der Waals surface area contributed by atoms with Crippen LogP contribution in [0, 0.1) is 5.92 Å². The van der Waals surface area contributed by atoms with Crippen molar-refractivity contribution in [3.63, 3.8) is 0 Å². The number of benzene rings is 1. The quantitative estimate of drug-likeness (QED) is 0.892. The maximum Gasteiger partial charge on any atom is 0.220 e. The molecule has 1 amide bonds. The van der Waals surface area contributed by atoms with Crippen LogP contribution in [0.2, 0.25) is 0 Å². The van der Waals surface area contributed by atoms with Gasteiger partial charge in [-0.3, -0.25) is 9.59 Å². The second-order valence-electron chi connectivity index (χ2n) is 6.97. The summed E-state index contributed by atoms with van der Waals surface area (Å²) in [5.74, 6) is 0.837. The Morgan fingerprint density at radius 3 is 2.24 bits per heavy atom. The van der Waals surface area contributed by atoms with Crippen LogP contribution in [0.15, 0.2) is 35.5 Å². The number of rotatable bonds is 5. The summed E-state index contributed by atoms with van der Waals surface area (Å²) in [6.07, 6.45) is 4.81. The molecule has 1 fully saturated rings. The van der Waals surface area contributed by atoms with Crippen LogP contribution in [-0.2, 0) is 9.59 Å². The average Bonchev–Trinajstić information content (AvgIpc) is 2.96. The number of carbonyl (C=O) groups is 2. The molecule has 134 valence electrons. The van der Waals surface area contributed by atoms with Crippen molar-refractivity contribution in [2.75, 3.05) is 12.0 Å². The van der Waals surface area contributed by atoms with Gasteiger partial charge in [0.2, 0.25) is 5.91 Å². The van der Waals surface area contributed by atoms with E-state index in [2.05, 4.69) is 4.90 Å². The molecule has 2 aliphatic carbocycles. The molecule has 0 bridgehead atoms. The van der Waals surface area contributed by atoms with Crippen LogP contribution in [0.25, 0.3) is 0 Å². The Kier molecular flexibility index (Phi) is 5.11. The summed E-state index contributed by atoms with van der Waals surface area (Å²) in [6.45, 7) is 1.93. The Morgan fingerprint density at radius 1 is 1.12 bits per heavy atom. The molecule has 0 heterocycles. The second-order valence-corrected chi connectivity index (χ2v) is 6.97. The molecule has 2 N–H and O–H groups in total. The lowest BCUT2D eigenvalue weighted by Gasteiger charge is -2.39. The van der Waals surface area contributed by atoms with E-state index in [1.54, 1.807) is 7.11 Å². The van der Waals surface area contributed by atoms with E-state index in [0.29, 0.717) is 12.5 Å². The Balaban J connectivity index is 1.90. The van der Waals surface area contributed by atoms with Gasteiger partial charge in [-0.2, -0.15) is 0 Å². The number of nitrogens with two attached hydrogens (primary N) is 1. The summed E-state index contributed by atoms with van der Waals surface area (Å²) >= 11 is 0. The zero-order chi connectivity index (χ0) is 18.0. The maximum atomic E-state index is 12.1. The van der Waals surface area contributed by atoms with Crippen LogP contribution in [0.1, 0.15) is 45.4 Å². The Bertz CT molecular complexity index is 685. The molecule has 0 atom stereocenters. The SMILES string of the molecule is COc1ccc(N(C2=C(C)C(=O)CC2)C2CCC(C(N)=O)CC2)cc1. The number of allylic oxidation sites excluding steroid dienone is 2. The fourth-order valence-corrected chi connectivity index (χ4v) is 4.02. The fraction of sp³-hybridized carbons (Fsp3) is 0.500. The number of carbonyl (C=O) groups excluding carboxylic acids is 2. The van der Waals surface area contributed by atoms with E-state index in [9.17, 15) is 9.59 Å².